The van der Waals surface area contributed by atoms with E-state index in [1.54, 1.807) is 31.2 Å². The lowest BCUT2D eigenvalue weighted by Gasteiger charge is -2.21. The van der Waals surface area contributed by atoms with Gasteiger partial charge in [-0.25, -0.2) is 0 Å². The van der Waals surface area contributed by atoms with Gasteiger partial charge in [-0.3, -0.25) is 9.59 Å². The number of rotatable bonds is 8. The van der Waals surface area contributed by atoms with Crippen LogP contribution in [0.2, 0.25) is 0 Å². The Kier molecular flexibility index (Phi) is 7.41. The van der Waals surface area contributed by atoms with Crippen molar-refractivity contribution in [2.24, 2.45) is 0 Å². The Morgan fingerprint density at radius 2 is 1.74 bits per heavy atom. The Bertz CT molecular complexity index is 769. The van der Waals surface area contributed by atoms with E-state index in [9.17, 15) is 9.59 Å². The minimum Gasteiger partial charge on any atom is -0.496 e. The number of ether oxygens (including phenoxy) is 1. The topological polar surface area (TPSA) is 58.6 Å². The average Bonchev–Trinajstić information content (AvgIpc) is 2.70. The zero-order valence-corrected chi connectivity index (χ0v) is 16.5. The van der Waals surface area contributed by atoms with E-state index < -0.39 is 0 Å². The number of nitrogens with one attached hydrogen (secondary N) is 1. The molecule has 2 aromatic rings. The fourth-order valence-corrected chi connectivity index (χ4v) is 2.65. The molecule has 0 aliphatic heterocycles. The van der Waals surface area contributed by atoms with Gasteiger partial charge in [0.15, 0.2) is 0 Å². The molecule has 144 valence electrons. The maximum Gasteiger partial charge on any atom is 0.253 e. The molecular weight excluding hydrogens is 340 g/mol. The van der Waals surface area contributed by atoms with Gasteiger partial charge in [0.05, 0.1) is 7.11 Å². The summed E-state index contributed by atoms with van der Waals surface area (Å²) >= 11 is 0. The molecule has 0 unspecified atom stereocenters. The van der Waals surface area contributed by atoms with Crippen molar-refractivity contribution in [3.8, 4) is 5.75 Å². The Morgan fingerprint density at radius 3 is 2.37 bits per heavy atom. The third-order valence-electron chi connectivity index (χ3n) is 4.60. The normalized spacial score (nSPS) is 10.6. The molecule has 0 radical (unpaired) electrons. The molecule has 0 atom stereocenters. The van der Waals surface area contributed by atoms with E-state index in [0.717, 1.165) is 16.9 Å². The number of para-hydroxylation sites is 1. The molecule has 0 aliphatic carbocycles. The first-order valence-electron chi connectivity index (χ1n) is 9.17. The van der Waals surface area contributed by atoms with Crippen molar-refractivity contribution < 1.29 is 14.3 Å². The van der Waals surface area contributed by atoms with Gasteiger partial charge < -0.3 is 15.0 Å². The molecule has 0 saturated carbocycles. The van der Waals surface area contributed by atoms with Crippen molar-refractivity contribution >= 4 is 11.8 Å². The van der Waals surface area contributed by atoms with Gasteiger partial charge in [0, 0.05) is 31.6 Å². The van der Waals surface area contributed by atoms with Gasteiger partial charge in [0.2, 0.25) is 5.91 Å². The molecule has 27 heavy (non-hydrogen) atoms. The van der Waals surface area contributed by atoms with Crippen LogP contribution in [-0.2, 0) is 17.8 Å². The molecule has 2 amide bonds. The number of amides is 2. The fourth-order valence-electron chi connectivity index (χ4n) is 2.65. The van der Waals surface area contributed by atoms with Gasteiger partial charge in [0.25, 0.3) is 5.91 Å². The molecule has 2 aromatic carbocycles. The van der Waals surface area contributed by atoms with Gasteiger partial charge in [-0.05, 0) is 49.6 Å². The Labute approximate surface area is 161 Å². The lowest BCUT2D eigenvalue weighted by Crippen LogP contribution is -2.32. The zero-order valence-electron chi connectivity index (χ0n) is 16.5. The molecule has 0 fully saturated rings. The summed E-state index contributed by atoms with van der Waals surface area (Å²) in [5, 5.41) is 2.92. The molecule has 0 heterocycles. The average molecular weight is 368 g/mol. The van der Waals surface area contributed by atoms with Crippen LogP contribution in [0.3, 0.4) is 0 Å². The smallest absolute Gasteiger partial charge is 0.253 e. The highest BCUT2D eigenvalue weighted by Crippen LogP contribution is 2.18. The number of hydrogen-bond donors (Lipinski definition) is 1. The second kappa shape index (κ2) is 9.76. The van der Waals surface area contributed by atoms with Gasteiger partial charge in [-0.1, -0.05) is 30.3 Å². The zero-order chi connectivity index (χ0) is 19.8. The number of hydrogen-bond acceptors (Lipinski definition) is 3. The minimum absolute atomic E-state index is 0.00241. The van der Waals surface area contributed by atoms with E-state index in [2.05, 4.69) is 5.32 Å². The number of nitrogens with zero attached hydrogens (tertiary/aromatic N) is 1. The van der Waals surface area contributed by atoms with Crippen LogP contribution in [0.15, 0.2) is 48.5 Å². The van der Waals surface area contributed by atoms with Gasteiger partial charge >= 0.3 is 0 Å². The molecule has 1 N–H and O–H groups in total. The number of methoxy groups -OCH3 is 1. The lowest BCUT2D eigenvalue weighted by molar-refractivity contribution is -0.121. The summed E-state index contributed by atoms with van der Waals surface area (Å²) in [5.74, 6) is 0.787. The summed E-state index contributed by atoms with van der Waals surface area (Å²) in [6.45, 7) is 4.40. The molecule has 5 nitrogen and oxygen atoms in total. The number of carbonyl (C=O) groups is 2. The predicted octanol–water partition coefficient (Wildman–Crippen LogP) is 3.42. The van der Waals surface area contributed by atoms with Crippen LogP contribution in [-0.4, -0.2) is 36.9 Å². The third kappa shape index (κ3) is 5.84. The summed E-state index contributed by atoms with van der Waals surface area (Å²) < 4.78 is 5.31. The molecule has 0 spiro atoms. The quantitative estimate of drug-likeness (QED) is 0.777. The van der Waals surface area contributed by atoms with E-state index in [4.69, 9.17) is 4.74 Å². The second-order valence-electron chi connectivity index (χ2n) is 6.80. The third-order valence-corrected chi connectivity index (χ3v) is 4.60. The van der Waals surface area contributed by atoms with Gasteiger partial charge in [-0.15, -0.1) is 0 Å². The highest BCUT2D eigenvalue weighted by Gasteiger charge is 2.14. The summed E-state index contributed by atoms with van der Waals surface area (Å²) in [6.07, 6.45) is 1.03. The van der Waals surface area contributed by atoms with Crippen molar-refractivity contribution in [1.29, 1.82) is 0 Å². The van der Waals surface area contributed by atoms with Gasteiger partial charge in [-0.2, -0.15) is 0 Å². The molecule has 0 aliphatic rings. The predicted molar refractivity (Wildman–Crippen MR) is 107 cm³/mol. The van der Waals surface area contributed by atoms with E-state index in [0.29, 0.717) is 24.9 Å². The molecular formula is C22H28N2O3. The van der Waals surface area contributed by atoms with Crippen molar-refractivity contribution in [1.82, 2.24) is 10.2 Å². The first kappa shape index (κ1) is 20.5. The van der Waals surface area contributed by atoms with Crippen molar-refractivity contribution in [3.63, 3.8) is 0 Å². The standard InChI is InChI=1S/C22H28N2O3/c1-16(2)24(3)22(26)19-11-9-17(10-12-19)15-23-21(25)14-13-18-7-5-6-8-20(18)27-4/h5-12,16H,13-15H2,1-4H3,(H,23,25). The molecule has 0 bridgehead atoms. The largest absolute Gasteiger partial charge is 0.496 e. The van der Waals surface area contributed by atoms with E-state index in [-0.39, 0.29) is 17.9 Å². The van der Waals surface area contributed by atoms with Crippen molar-refractivity contribution in [2.45, 2.75) is 39.3 Å². The van der Waals surface area contributed by atoms with Gasteiger partial charge in [0.1, 0.15) is 5.75 Å². The lowest BCUT2D eigenvalue weighted by atomic mass is 10.1. The second-order valence-corrected chi connectivity index (χ2v) is 6.80. The maximum atomic E-state index is 12.3. The van der Waals surface area contributed by atoms with E-state index in [1.807, 2.05) is 50.2 Å². The fraction of sp³-hybridized carbons (Fsp3) is 0.364. The Morgan fingerprint density at radius 1 is 1.07 bits per heavy atom. The molecule has 5 heteroatoms. The summed E-state index contributed by atoms with van der Waals surface area (Å²) in [5.41, 5.74) is 2.63. The summed E-state index contributed by atoms with van der Waals surface area (Å²) in [7, 11) is 3.43. The van der Waals surface area contributed by atoms with Crippen LogP contribution in [0.1, 0.15) is 41.8 Å². The first-order chi connectivity index (χ1) is 12.9. The highest BCUT2D eigenvalue weighted by atomic mass is 16.5. The number of carbonyl (C=O) groups excluding carboxylic acids is 2. The van der Waals surface area contributed by atoms with Crippen LogP contribution in [0, 0.1) is 0 Å². The maximum absolute atomic E-state index is 12.3. The van der Waals surface area contributed by atoms with Crippen molar-refractivity contribution in [2.75, 3.05) is 14.2 Å². The SMILES string of the molecule is COc1ccccc1CCC(=O)NCc1ccc(C(=O)N(C)C(C)C)cc1. The monoisotopic (exact) mass is 368 g/mol. The number of aryl methyl sites for hydroxylation is 1. The Hall–Kier alpha value is -2.82. The number of benzene rings is 2. The molecule has 0 aromatic heterocycles. The molecule has 2 rings (SSSR count). The van der Waals surface area contributed by atoms with Crippen LogP contribution in [0.25, 0.3) is 0 Å². The van der Waals surface area contributed by atoms with E-state index in [1.165, 1.54) is 0 Å². The summed E-state index contributed by atoms with van der Waals surface area (Å²) in [6, 6.07) is 15.2. The van der Waals surface area contributed by atoms with E-state index >= 15 is 0 Å². The van der Waals surface area contributed by atoms with Crippen LogP contribution in [0.5, 0.6) is 5.75 Å². The summed E-state index contributed by atoms with van der Waals surface area (Å²) in [4.78, 5) is 26.1. The molecule has 0 saturated heterocycles. The van der Waals surface area contributed by atoms with Crippen molar-refractivity contribution in [3.05, 3.63) is 65.2 Å². The van der Waals surface area contributed by atoms with Crippen LogP contribution in [0.4, 0.5) is 0 Å². The first-order valence-corrected chi connectivity index (χ1v) is 9.17. The Balaban J connectivity index is 1.84. The van der Waals surface area contributed by atoms with Crippen LogP contribution >= 0.6 is 0 Å². The van der Waals surface area contributed by atoms with Crippen LogP contribution < -0.4 is 10.1 Å². The highest BCUT2D eigenvalue weighted by molar-refractivity contribution is 5.94. The minimum atomic E-state index is -0.0133.